The Hall–Kier alpha value is -2.66. The van der Waals surface area contributed by atoms with E-state index in [-0.39, 0.29) is 18.0 Å². The average Bonchev–Trinajstić information content (AvgIpc) is 2.70. The number of aryl methyl sites for hydroxylation is 1. The average molecular weight is 447 g/mol. The molecule has 0 aliphatic carbocycles. The van der Waals surface area contributed by atoms with Crippen molar-refractivity contribution in [1.29, 1.82) is 5.26 Å². The second-order valence-corrected chi connectivity index (χ2v) is 7.12. The first-order chi connectivity index (χ1) is 13.4. The van der Waals surface area contributed by atoms with Gasteiger partial charge >= 0.3 is 0 Å². The Morgan fingerprint density at radius 3 is 2.54 bits per heavy atom. The molecule has 0 saturated heterocycles. The van der Waals surface area contributed by atoms with Crippen molar-refractivity contribution in [3.63, 3.8) is 0 Å². The molecule has 0 radical (unpaired) electrons. The van der Waals surface area contributed by atoms with Crippen LogP contribution in [0.25, 0.3) is 0 Å². The van der Waals surface area contributed by atoms with Crippen LogP contribution in [0.2, 0.25) is 0 Å². The van der Waals surface area contributed by atoms with Gasteiger partial charge in [-0.15, -0.1) is 0 Å². The summed E-state index contributed by atoms with van der Waals surface area (Å²) in [6, 6.07) is 9.39. The third-order valence-corrected chi connectivity index (χ3v) is 4.89. The van der Waals surface area contributed by atoms with E-state index in [9.17, 15) is 14.9 Å². The van der Waals surface area contributed by atoms with Gasteiger partial charge in [-0.05, 0) is 42.7 Å². The normalized spacial score (nSPS) is 10.4. The number of hydrogen-bond acceptors (Lipinski definition) is 5. The van der Waals surface area contributed by atoms with Crippen molar-refractivity contribution in [2.75, 3.05) is 20.2 Å². The number of likely N-dealkylation sites (N-methyl/N-ethyl adjacent to an activating group) is 1. The summed E-state index contributed by atoms with van der Waals surface area (Å²) in [5, 5.41) is 13.7. The Morgan fingerprint density at radius 1 is 1.29 bits per heavy atom. The lowest BCUT2D eigenvalue weighted by molar-refractivity contribution is -0.131. The number of carbonyl (C=O) groups excluding carboxylic acids is 1. The number of carbonyl (C=O) groups is 1. The molecule has 0 spiro atoms. The summed E-state index contributed by atoms with van der Waals surface area (Å²) in [6.07, 6.45) is 1.14. The van der Waals surface area contributed by atoms with Crippen LogP contribution in [0.4, 0.5) is 0 Å². The van der Waals surface area contributed by atoms with Gasteiger partial charge in [0.1, 0.15) is 30.5 Å². The summed E-state index contributed by atoms with van der Waals surface area (Å²) < 4.78 is 7.67. The van der Waals surface area contributed by atoms with Crippen LogP contribution in [-0.4, -0.2) is 40.8 Å². The highest BCUT2D eigenvalue weighted by Gasteiger charge is 2.18. The van der Waals surface area contributed by atoms with Gasteiger partial charge in [-0.1, -0.05) is 29.8 Å². The lowest BCUT2D eigenvalue weighted by Crippen LogP contribution is -2.38. The number of benzene rings is 1. The van der Waals surface area contributed by atoms with Gasteiger partial charge in [0.2, 0.25) is 5.91 Å². The summed E-state index contributed by atoms with van der Waals surface area (Å²) in [5.41, 5.74) is 0.885. The smallest absolute Gasteiger partial charge is 0.285 e. The minimum atomic E-state index is -0.524. The van der Waals surface area contributed by atoms with Gasteiger partial charge in [0.25, 0.3) is 5.56 Å². The maximum atomic E-state index is 12.5. The van der Waals surface area contributed by atoms with Crippen molar-refractivity contribution < 1.29 is 9.53 Å². The Labute approximate surface area is 172 Å². The molecule has 8 heteroatoms. The first-order valence-electron chi connectivity index (χ1n) is 9.06. The molecule has 0 saturated carbocycles. The number of aromatic nitrogens is 2. The molecule has 1 amide bonds. The SMILES string of the molecule is CCc1nn(CC(=O)N(C)CCOc2ccc(Br)cc2)c(=O)c(C#N)c1CC. The Kier molecular flexibility index (Phi) is 7.76. The zero-order chi connectivity index (χ0) is 20.7. The summed E-state index contributed by atoms with van der Waals surface area (Å²) in [4.78, 5) is 26.5. The molecule has 0 aliphatic rings. The maximum Gasteiger partial charge on any atom is 0.285 e. The van der Waals surface area contributed by atoms with Gasteiger partial charge in [0.05, 0.1) is 12.2 Å². The second kappa shape index (κ2) is 10.0. The van der Waals surface area contributed by atoms with Gasteiger partial charge in [-0.25, -0.2) is 4.68 Å². The molecule has 2 aromatic rings. The van der Waals surface area contributed by atoms with Gasteiger partial charge in [-0.3, -0.25) is 9.59 Å². The lowest BCUT2D eigenvalue weighted by Gasteiger charge is -2.18. The Bertz CT molecular complexity index is 932. The summed E-state index contributed by atoms with van der Waals surface area (Å²) in [7, 11) is 1.64. The Balaban J connectivity index is 2.04. The van der Waals surface area contributed by atoms with Gasteiger partial charge in [0, 0.05) is 11.5 Å². The first-order valence-corrected chi connectivity index (χ1v) is 9.85. The Morgan fingerprint density at radius 2 is 1.96 bits per heavy atom. The summed E-state index contributed by atoms with van der Waals surface area (Å²) in [5.74, 6) is 0.438. The molecule has 1 heterocycles. The zero-order valence-electron chi connectivity index (χ0n) is 16.2. The van der Waals surface area contributed by atoms with Crippen molar-refractivity contribution in [3.8, 4) is 11.8 Å². The standard InChI is InChI=1S/C20H23BrN4O3/c1-4-16-17(12-22)20(27)25(23-18(16)5-2)13-19(26)24(3)10-11-28-15-8-6-14(21)7-9-15/h6-9H,4-5,10-11,13H2,1-3H3. The third-order valence-electron chi connectivity index (χ3n) is 4.36. The number of amides is 1. The van der Waals surface area contributed by atoms with E-state index in [1.807, 2.05) is 44.2 Å². The van der Waals surface area contributed by atoms with Crippen LogP contribution in [0.1, 0.15) is 30.7 Å². The fourth-order valence-corrected chi connectivity index (χ4v) is 3.01. The number of nitriles is 1. The molecular weight excluding hydrogens is 424 g/mol. The van der Waals surface area contributed by atoms with Crippen LogP contribution in [0.3, 0.4) is 0 Å². The van der Waals surface area contributed by atoms with Crippen LogP contribution < -0.4 is 10.3 Å². The highest BCUT2D eigenvalue weighted by Crippen LogP contribution is 2.16. The molecule has 1 aromatic carbocycles. The number of nitrogens with zero attached hydrogens (tertiary/aromatic N) is 4. The van der Waals surface area contributed by atoms with E-state index in [2.05, 4.69) is 21.0 Å². The van der Waals surface area contributed by atoms with E-state index in [4.69, 9.17) is 4.74 Å². The molecular formula is C20H23BrN4O3. The van der Waals surface area contributed by atoms with Gasteiger partial charge in [0.15, 0.2) is 0 Å². The second-order valence-electron chi connectivity index (χ2n) is 6.20. The molecule has 0 fully saturated rings. The van der Waals surface area contributed by atoms with E-state index >= 15 is 0 Å². The third kappa shape index (κ3) is 5.20. The largest absolute Gasteiger partial charge is 0.492 e. The molecule has 0 bridgehead atoms. The molecule has 28 heavy (non-hydrogen) atoms. The molecule has 0 N–H and O–H groups in total. The minimum absolute atomic E-state index is 0.0726. The summed E-state index contributed by atoms with van der Waals surface area (Å²) >= 11 is 3.36. The van der Waals surface area contributed by atoms with Gasteiger partial charge < -0.3 is 9.64 Å². The predicted octanol–water partition coefficient (Wildman–Crippen LogP) is 2.54. The summed E-state index contributed by atoms with van der Waals surface area (Å²) in [6.45, 7) is 4.27. The van der Waals surface area contributed by atoms with E-state index in [0.29, 0.717) is 43.0 Å². The molecule has 0 unspecified atom stereocenters. The van der Waals surface area contributed by atoms with Crippen molar-refractivity contribution in [2.24, 2.45) is 0 Å². The number of halogens is 1. The van der Waals surface area contributed by atoms with E-state index in [1.165, 1.54) is 4.90 Å². The van der Waals surface area contributed by atoms with Crippen molar-refractivity contribution in [1.82, 2.24) is 14.7 Å². The maximum absolute atomic E-state index is 12.5. The number of ether oxygens (including phenoxy) is 1. The lowest BCUT2D eigenvalue weighted by atomic mass is 10.0. The molecule has 1 aromatic heterocycles. The fourth-order valence-electron chi connectivity index (χ4n) is 2.75. The monoisotopic (exact) mass is 446 g/mol. The zero-order valence-corrected chi connectivity index (χ0v) is 17.8. The quantitative estimate of drug-likeness (QED) is 0.621. The van der Waals surface area contributed by atoms with Crippen molar-refractivity contribution in [2.45, 2.75) is 33.2 Å². The van der Waals surface area contributed by atoms with Gasteiger partial charge in [-0.2, -0.15) is 10.4 Å². The van der Waals surface area contributed by atoms with E-state index in [1.54, 1.807) is 7.05 Å². The topological polar surface area (TPSA) is 88.2 Å². The molecule has 2 rings (SSSR count). The highest BCUT2D eigenvalue weighted by molar-refractivity contribution is 9.10. The van der Waals surface area contributed by atoms with Crippen LogP contribution in [0.15, 0.2) is 33.5 Å². The highest BCUT2D eigenvalue weighted by atomic mass is 79.9. The molecule has 148 valence electrons. The van der Waals surface area contributed by atoms with E-state index in [0.717, 1.165) is 9.15 Å². The van der Waals surface area contributed by atoms with Crippen LogP contribution >= 0.6 is 15.9 Å². The molecule has 0 aliphatic heterocycles. The van der Waals surface area contributed by atoms with Crippen LogP contribution in [-0.2, 0) is 24.2 Å². The number of hydrogen-bond donors (Lipinski definition) is 0. The molecule has 7 nitrogen and oxygen atoms in total. The van der Waals surface area contributed by atoms with Crippen LogP contribution in [0.5, 0.6) is 5.75 Å². The van der Waals surface area contributed by atoms with E-state index < -0.39 is 5.56 Å². The minimum Gasteiger partial charge on any atom is -0.492 e. The number of rotatable bonds is 8. The predicted molar refractivity (Wildman–Crippen MR) is 109 cm³/mol. The first kappa shape index (κ1) is 21.6. The fraction of sp³-hybridized carbons (Fsp3) is 0.400. The van der Waals surface area contributed by atoms with Crippen LogP contribution in [0, 0.1) is 11.3 Å². The molecule has 0 atom stereocenters. The van der Waals surface area contributed by atoms with Crippen molar-refractivity contribution in [3.05, 3.63) is 55.9 Å². The van der Waals surface area contributed by atoms with Crippen molar-refractivity contribution >= 4 is 21.8 Å².